The van der Waals surface area contributed by atoms with Gasteiger partial charge in [-0.25, -0.2) is 4.68 Å². The molecule has 2 aromatic rings. The number of aromatic nitrogens is 3. The third-order valence-corrected chi connectivity index (χ3v) is 17.5. The molecule has 0 saturated heterocycles. The average Bonchev–Trinajstić information content (AvgIpc) is 1.20. The molecule has 0 aliphatic rings. The summed E-state index contributed by atoms with van der Waals surface area (Å²) >= 11 is 0. The van der Waals surface area contributed by atoms with E-state index in [0.29, 0.717) is 198 Å². The Hall–Kier alpha value is -2.53. The molecule has 21 heteroatoms. The van der Waals surface area contributed by atoms with Crippen LogP contribution < -0.4 is 14.2 Å². The molecule has 94 heavy (non-hydrogen) atoms. The molecule has 0 fully saturated rings. The summed E-state index contributed by atoms with van der Waals surface area (Å²) in [6.07, 6.45) is 40.8. The van der Waals surface area contributed by atoms with Crippen molar-refractivity contribution in [1.82, 2.24) is 15.0 Å². The monoisotopic (exact) mass is 1360 g/mol. The van der Waals surface area contributed by atoms with Gasteiger partial charge in [-0.15, -0.1) is 5.10 Å². The molecule has 552 valence electrons. The molecule has 1 unspecified atom stereocenters. The lowest BCUT2D eigenvalue weighted by molar-refractivity contribution is -0.0284. The van der Waals surface area contributed by atoms with Gasteiger partial charge in [-0.2, -0.15) is 0 Å². The van der Waals surface area contributed by atoms with Crippen LogP contribution in [0, 0.1) is 0 Å². The smallest absolute Gasteiger partial charge is 0.203 e. The lowest BCUT2D eigenvalue weighted by atomic mass is 10.1. The number of hydrogen-bond acceptors (Lipinski definition) is 19. The molecule has 0 N–H and O–H groups in total. The first-order chi connectivity index (χ1) is 46.4. The largest absolute Gasteiger partial charge is 0.490 e. The number of ether oxygens (including phenoxy) is 15. The molecule has 0 aliphatic carbocycles. The second-order valence-electron chi connectivity index (χ2n) is 24.4. The quantitative estimate of drug-likeness (QED) is 0.0447. The highest BCUT2D eigenvalue weighted by Crippen LogP contribution is 2.42. The van der Waals surface area contributed by atoms with E-state index >= 15 is 0 Å². The van der Waals surface area contributed by atoms with Gasteiger partial charge in [0.1, 0.15) is 5.69 Å². The molecule has 2 rings (SSSR count). The van der Waals surface area contributed by atoms with Crippen LogP contribution in [0.4, 0.5) is 0 Å². The zero-order chi connectivity index (χ0) is 67.2. The van der Waals surface area contributed by atoms with Gasteiger partial charge >= 0.3 is 0 Å². The molecule has 0 aliphatic heterocycles. The zero-order valence-corrected chi connectivity index (χ0v) is 61.3. The van der Waals surface area contributed by atoms with E-state index in [2.05, 4.69) is 43.2 Å². The van der Waals surface area contributed by atoms with Gasteiger partial charge in [-0.1, -0.05) is 199 Å². The van der Waals surface area contributed by atoms with Crippen molar-refractivity contribution in [3.63, 3.8) is 0 Å². The van der Waals surface area contributed by atoms with Gasteiger partial charge in [-0.3, -0.25) is 4.57 Å². The lowest BCUT2D eigenvalue weighted by Gasteiger charge is -2.19. The first kappa shape index (κ1) is 87.6. The summed E-state index contributed by atoms with van der Waals surface area (Å²) in [4.78, 5) is 0. The number of hydrogen-bond donors (Lipinski definition) is 0. The average molecular weight is 1360 g/mol. The van der Waals surface area contributed by atoms with E-state index in [0.717, 1.165) is 47.8 Å². The molecule has 20 nitrogen and oxygen atoms in total. The van der Waals surface area contributed by atoms with Gasteiger partial charge < -0.3 is 75.6 Å². The lowest BCUT2D eigenvalue weighted by Crippen LogP contribution is -2.15. The van der Waals surface area contributed by atoms with Gasteiger partial charge in [0.25, 0.3) is 0 Å². The summed E-state index contributed by atoms with van der Waals surface area (Å²) in [5.41, 5.74) is 1.79. The predicted molar refractivity (Wildman–Crippen MR) is 376 cm³/mol. The molecule has 0 amide bonds. The van der Waals surface area contributed by atoms with Crippen molar-refractivity contribution in [2.75, 3.05) is 191 Å². The van der Waals surface area contributed by atoms with Crippen LogP contribution in [0.5, 0.6) is 17.2 Å². The minimum Gasteiger partial charge on any atom is -0.490 e. The Morgan fingerprint density at radius 2 is 0.617 bits per heavy atom. The van der Waals surface area contributed by atoms with Crippen LogP contribution in [0.1, 0.15) is 232 Å². The van der Waals surface area contributed by atoms with E-state index in [1.807, 2.05) is 17.8 Å². The van der Waals surface area contributed by atoms with Crippen molar-refractivity contribution >= 4 is 7.37 Å². The number of benzene rings is 1. The number of unbranched alkanes of at least 4 members (excludes halogenated alkanes) is 27. The Kier molecular flexibility index (Phi) is 64.2. The molecule has 0 saturated carbocycles. The Morgan fingerprint density at radius 1 is 0.340 bits per heavy atom. The van der Waals surface area contributed by atoms with Crippen molar-refractivity contribution in [3.8, 4) is 17.2 Å². The fourth-order valence-corrected chi connectivity index (χ4v) is 11.4. The fraction of sp³-hybridized carbons (Fsp3) is 0.890. The Labute approximate surface area is 571 Å². The summed E-state index contributed by atoms with van der Waals surface area (Å²) in [6, 6.07) is 4.25. The molecule has 1 heterocycles. The molecule has 1 aromatic carbocycles. The second-order valence-corrected chi connectivity index (χ2v) is 27.1. The summed E-state index contributed by atoms with van der Waals surface area (Å²) in [7, 11) is -2.54. The highest BCUT2D eigenvalue weighted by atomic mass is 31.2. The van der Waals surface area contributed by atoms with Crippen molar-refractivity contribution in [3.05, 3.63) is 29.6 Å². The Bertz CT molecular complexity index is 1880. The molecular formula is C73H138N3O17P. The van der Waals surface area contributed by atoms with Crippen LogP contribution >= 0.6 is 7.37 Å². The maximum Gasteiger partial charge on any atom is 0.203 e. The molecule has 0 radical (unpaired) electrons. The summed E-state index contributed by atoms with van der Waals surface area (Å²) in [5, 5.41) is 8.91. The third kappa shape index (κ3) is 57.4. The van der Waals surface area contributed by atoms with E-state index in [1.54, 1.807) is 6.66 Å². The standard InChI is InChI=1S/C73H138N3O17P/c1-6-10-13-16-19-22-25-28-31-34-37-90-71-64-69(65-72(91-38-35-32-29-26-23-20-17-14-11-7-2)73(71)92-39-36-33-30-27-24-21-18-15-12-8-3)66-76-67-70(74-75-76)68-89-61-60-87-57-56-85-53-52-83-49-48-81-45-44-79-41-40-78-42-43-80-46-47-82-50-51-84-54-55-86-58-59-88-62-63-94(5,77)93-9-4/h64-65,67H,6-63,66,68H2,1-5H3. The van der Waals surface area contributed by atoms with Crippen molar-refractivity contribution in [2.45, 2.75) is 233 Å². The Balaban J connectivity index is 1.60. The van der Waals surface area contributed by atoms with Gasteiger partial charge in [0.15, 0.2) is 11.5 Å². The topological polar surface area (TPSA) is 195 Å². The SMILES string of the molecule is CCCCCCCCCCCCOc1cc(Cn2cc(COCCOCCOCCOCCOCCOCCOCCOCCOCCOCCOCCOCCP(C)(=O)OCC)nn2)cc(OCCCCCCCCCCCC)c1OCCCCCCCCCCCC. The first-order valence-corrected chi connectivity index (χ1v) is 39.8. The fourth-order valence-electron chi connectivity index (χ4n) is 10.2. The molecule has 1 atom stereocenters. The highest BCUT2D eigenvalue weighted by Gasteiger charge is 2.18. The van der Waals surface area contributed by atoms with Gasteiger partial charge in [0.05, 0.1) is 198 Å². The van der Waals surface area contributed by atoms with Crippen LogP contribution in [-0.4, -0.2) is 206 Å². The van der Waals surface area contributed by atoms with E-state index < -0.39 is 7.37 Å². The third-order valence-electron chi connectivity index (χ3n) is 15.7. The van der Waals surface area contributed by atoms with Gasteiger partial charge in [-0.05, 0) is 43.9 Å². The van der Waals surface area contributed by atoms with Crippen LogP contribution in [0.25, 0.3) is 0 Å². The molecule has 0 spiro atoms. The van der Waals surface area contributed by atoms with Crippen LogP contribution in [0.15, 0.2) is 18.3 Å². The predicted octanol–water partition coefficient (Wildman–Crippen LogP) is 15.9. The van der Waals surface area contributed by atoms with Crippen molar-refractivity contribution in [1.29, 1.82) is 0 Å². The zero-order valence-electron chi connectivity index (χ0n) is 60.4. The molecule has 1 aromatic heterocycles. The van der Waals surface area contributed by atoms with Crippen molar-refractivity contribution in [2.24, 2.45) is 0 Å². The summed E-state index contributed by atoms with van der Waals surface area (Å²) in [6.45, 7) is 24.4. The van der Waals surface area contributed by atoms with E-state index in [-0.39, 0.29) is 0 Å². The summed E-state index contributed by atoms with van der Waals surface area (Å²) in [5.74, 6) is 2.27. The number of nitrogens with zero attached hydrogens (tertiary/aromatic N) is 3. The number of rotatable bonds is 78. The summed E-state index contributed by atoms with van der Waals surface area (Å²) < 4.78 is 106. The van der Waals surface area contributed by atoms with Crippen LogP contribution in [0.3, 0.4) is 0 Å². The normalized spacial score (nSPS) is 12.4. The van der Waals surface area contributed by atoms with E-state index in [1.165, 1.54) is 173 Å². The van der Waals surface area contributed by atoms with E-state index in [4.69, 9.17) is 75.6 Å². The Morgan fingerprint density at radius 3 is 0.926 bits per heavy atom. The minimum absolute atomic E-state index is 0.338. The highest BCUT2D eigenvalue weighted by molar-refractivity contribution is 7.58. The maximum atomic E-state index is 12.0. The minimum atomic E-state index is -2.54. The van der Waals surface area contributed by atoms with Crippen molar-refractivity contribution < 1.29 is 80.1 Å². The second kappa shape index (κ2) is 69.0. The van der Waals surface area contributed by atoms with Crippen LogP contribution in [-0.2, 0) is 79.1 Å². The first-order valence-electron chi connectivity index (χ1n) is 37.5. The maximum absolute atomic E-state index is 12.0. The van der Waals surface area contributed by atoms with E-state index in [9.17, 15) is 4.57 Å². The van der Waals surface area contributed by atoms with Crippen LogP contribution in [0.2, 0.25) is 0 Å². The van der Waals surface area contributed by atoms with Gasteiger partial charge in [0, 0.05) is 12.8 Å². The van der Waals surface area contributed by atoms with Gasteiger partial charge in [0.2, 0.25) is 13.1 Å². The molecular weight excluding hydrogens is 1220 g/mol. The molecule has 0 bridgehead atoms.